The SMILES string of the molecule is NC(=O)c1cccc(CC2CO2)c1CC1CO1. The highest BCUT2D eigenvalue weighted by Gasteiger charge is 2.29. The number of hydrogen-bond acceptors (Lipinski definition) is 3. The number of epoxide rings is 2. The molecule has 3 rings (SSSR count). The summed E-state index contributed by atoms with van der Waals surface area (Å²) in [6.07, 6.45) is 2.22. The molecule has 2 aliphatic heterocycles. The third kappa shape index (κ3) is 2.48. The van der Waals surface area contributed by atoms with Crippen LogP contribution in [0.25, 0.3) is 0 Å². The lowest BCUT2D eigenvalue weighted by Gasteiger charge is -2.11. The Balaban J connectivity index is 1.92. The third-order valence-corrected chi connectivity index (χ3v) is 3.22. The summed E-state index contributed by atoms with van der Waals surface area (Å²) in [6, 6.07) is 5.72. The molecule has 2 fully saturated rings. The van der Waals surface area contributed by atoms with Crippen LogP contribution in [0.5, 0.6) is 0 Å². The van der Waals surface area contributed by atoms with E-state index in [1.54, 1.807) is 6.07 Å². The molecule has 0 saturated carbocycles. The Bertz CT molecular complexity index is 450. The van der Waals surface area contributed by atoms with Crippen LogP contribution < -0.4 is 5.73 Å². The molecule has 90 valence electrons. The molecule has 2 unspecified atom stereocenters. The predicted molar refractivity (Wildman–Crippen MR) is 61.8 cm³/mol. The number of benzene rings is 1. The van der Waals surface area contributed by atoms with E-state index < -0.39 is 0 Å². The van der Waals surface area contributed by atoms with Gasteiger partial charge < -0.3 is 15.2 Å². The van der Waals surface area contributed by atoms with Crippen molar-refractivity contribution in [1.29, 1.82) is 0 Å². The molecular weight excluding hydrogens is 218 g/mol. The molecule has 0 spiro atoms. The van der Waals surface area contributed by atoms with Crippen LogP contribution in [0, 0.1) is 0 Å². The maximum atomic E-state index is 11.4. The second-order valence-corrected chi connectivity index (χ2v) is 4.63. The molecule has 17 heavy (non-hydrogen) atoms. The zero-order valence-corrected chi connectivity index (χ0v) is 9.52. The topological polar surface area (TPSA) is 68.2 Å². The van der Waals surface area contributed by atoms with Gasteiger partial charge in [0, 0.05) is 18.4 Å². The second kappa shape index (κ2) is 4.13. The summed E-state index contributed by atoms with van der Waals surface area (Å²) in [5.74, 6) is -0.362. The molecule has 1 aromatic carbocycles. The number of amides is 1. The highest BCUT2D eigenvalue weighted by Crippen LogP contribution is 2.26. The van der Waals surface area contributed by atoms with Crippen molar-refractivity contribution in [2.75, 3.05) is 13.2 Å². The fourth-order valence-corrected chi connectivity index (χ4v) is 2.14. The number of nitrogens with two attached hydrogens (primary N) is 1. The van der Waals surface area contributed by atoms with E-state index in [0.29, 0.717) is 11.7 Å². The van der Waals surface area contributed by atoms with Gasteiger partial charge in [0.25, 0.3) is 0 Å². The number of rotatable bonds is 5. The molecule has 4 nitrogen and oxygen atoms in total. The van der Waals surface area contributed by atoms with Gasteiger partial charge in [-0.3, -0.25) is 4.79 Å². The van der Waals surface area contributed by atoms with E-state index in [9.17, 15) is 4.79 Å². The minimum Gasteiger partial charge on any atom is -0.373 e. The standard InChI is InChI=1S/C13H15NO3/c14-13(15)11-3-1-2-8(4-9-6-16-9)12(11)5-10-7-17-10/h1-3,9-10H,4-7H2,(H2,14,15). The molecule has 0 radical (unpaired) electrons. The van der Waals surface area contributed by atoms with Gasteiger partial charge >= 0.3 is 0 Å². The first-order valence-corrected chi connectivity index (χ1v) is 5.88. The quantitative estimate of drug-likeness (QED) is 0.760. The monoisotopic (exact) mass is 233 g/mol. The lowest BCUT2D eigenvalue weighted by molar-refractivity contribution is 0.0999. The summed E-state index contributed by atoms with van der Waals surface area (Å²) in [5, 5.41) is 0. The average Bonchev–Trinajstić information content (AvgIpc) is 3.13. The van der Waals surface area contributed by atoms with Gasteiger partial charge in [0.05, 0.1) is 25.4 Å². The van der Waals surface area contributed by atoms with Crippen molar-refractivity contribution < 1.29 is 14.3 Å². The summed E-state index contributed by atoms with van der Waals surface area (Å²) < 4.78 is 10.5. The first-order valence-electron chi connectivity index (χ1n) is 5.88. The summed E-state index contributed by atoms with van der Waals surface area (Å²) in [7, 11) is 0. The van der Waals surface area contributed by atoms with Gasteiger partial charge in [-0.2, -0.15) is 0 Å². The van der Waals surface area contributed by atoms with Gasteiger partial charge in [-0.25, -0.2) is 0 Å². The summed E-state index contributed by atoms with van der Waals surface area (Å²) in [5.41, 5.74) is 8.24. The molecule has 0 aliphatic carbocycles. The highest BCUT2D eigenvalue weighted by molar-refractivity contribution is 5.94. The van der Waals surface area contributed by atoms with Crippen LogP contribution in [-0.4, -0.2) is 31.3 Å². The van der Waals surface area contributed by atoms with Crippen molar-refractivity contribution >= 4 is 5.91 Å². The number of ether oxygens (including phenoxy) is 2. The minimum atomic E-state index is -0.362. The van der Waals surface area contributed by atoms with E-state index >= 15 is 0 Å². The van der Waals surface area contributed by atoms with E-state index in [-0.39, 0.29) is 12.0 Å². The van der Waals surface area contributed by atoms with Crippen molar-refractivity contribution in [3.8, 4) is 0 Å². The number of primary amides is 1. The summed E-state index contributed by atoms with van der Waals surface area (Å²) in [6.45, 7) is 1.60. The van der Waals surface area contributed by atoms with Crippen LogP contribution in [0.15, 0.2) is 18.2 Å². The van der Waals surface area contributed by atoms with Gasteiger partial charge in [-0.15, -0.1) is 0 Å². The Morgan fingerprint density at radius 1 is 1.24 bits per heavy atom. The zero-order chi connectivity index (χ0) is 11.8. The van der Waals surface area contributed by atoms with Crippen LogP contribution in [0.2, 0.25) is 0 Å². The third-order valence-electron chi connectivity index (χ3n) is 3.22. The maximum Gasteiger partial charge on any atom is 0.248 e. The molecule has 2 atom stereocenters. The maximum absolute atomic E-state index is 11.4. The van der Waals surface area contributed by atoms with Gasteiger partial charge in [-0.1, -0.05) is 12.1 Å². The fourth-order valence-electron chi connectivity index (χ4n) is 2.14. The molecule has 2 saturated heterocycles. The Morgan fingerprint density at radius 2 is 1.88 bits per heavy atom. The predicted octanol–water partition coefficient (Wildman–Crippen LogP) is 0.668. The summed E-state index contributed by atoms with van der Waals surface area (Å²) >= 11 is 0. The van der Waals surface area contributed by atoms with Crippen molar-refractivity contribution in [2.24, 2.45) is 5.73 Å². The average molecular weight is 233 g/mol. The smallest absolute Gasteiger partial charge is 0.248 e. The number of carbonyl (C=O) groups is 1. The molecular formula is C13H15NO3. The molecule has 4 heteroatoms. The van der Waals surface area contributed by atoms with Crippen molar-refractivity contribution in [3.05, 3.63) is 34.9 Å². The van der Waals surface area contributed by atoms with Crippen LogP contribution in [0.4, 0.5) is 0 Å². The van der Waals surface area contributed by atoms with E-state index in [2.05, 4.69) is 0 Å². The van der Waals surface area contributed by atoms with Crippen LogP contribution in [-0.2, 0) is 22.3 Å². The molecule has 2 heterocycles. The largest absolute Gasteiger partial charge is 0.373 e. The van der Waals surface area contributed by atoms with E-state index in [0.717, 1.165) is 31.6 Å². The zero-order valence-electron chi connectivity index (χ0n) is 9.52. The molecule has 2 aliphatic rings. The highest BCUT2D eigenvalue weighted by atomic mass is 16.6. The Kier molecular flexibility index (Phi) is 2.61. The van der Waals surface area contributed by atoms with Crippen molar-refractivity contribution in [2.45, 2.75) is 25.0 Å². The van der Waals surface area contributed by atoms with E-state index in [4.69, 9.17) is 15.2 Å². The Morgan fingerprint density at radius 3 is 2.47 bits per heavy atom. The fraction of sp³-hybridized carbons (Fsp3) is 0.462. The number of hydrogen-bond donors (Lipinski definition) is 1. The summed E-state index contributed by atoms with van der Waals surface area (Å²) in [4.78, 5) is 11.4. The molecule has 0 aromatic heterocycles. The number of carbonyl (C=O) groups excluding carboxylic acids is 1. The van der Waals surface area contributed by atoms with Crippen molar-refractivity contribution in [1.82, 2.24) is 0 Å². The minimum absolute atomic E-state index is 0.259. The Labute approximate surface area is 99.7 Å². The lowest BCUT2D eigenvalue weighted by Crippen LogP contribution is -2.16. The first-order chi connectivity index (χ1) is 8.24. The van der Waals surface area contributed by atoms with Gasteiger partial charge in [-0.05, 0) is 17.2 Å². The molecule has 0 bridgehead atoms. The van der Waals surface area contributed by atoms with Crippen LogP contribution >= 0.6 is 0 Å². The van der Waals surface area contributed by atoms with Gasteiger partial charge in [0.15, 0.2) is 0 Å². The molecule has 1 aromatic rings. The van der Waals surface area contributed by atoms with E-state index in [1.165, 1.54) is 5.56 Å². The molecule has 1 amide bonds. The normalized spacial score (nSPS) is 25.6. The van der Waals surface area contributed by atoms with Crippen molar-refractivity contribution in [3.63, 3.8) is 0 Å². The van der Waals surface area contributed by atoms with Gasteiger partial charge in [0.1, 0.15) is 0 Å². The van der Waals surface area contributed by atoms with Crippen LogP contribution in [0.1, 0.15) is 21.5 Å². The lowest BCUT2D eigenvalue weighted by atomic mass is 9.94. The van der Waals surface area contributed by atoms with E-state index in [1.807, 2.05) is 12.1 Å². The van der Waals surface area contributed by atoms with Crippen LogP contribution in [0.3, 0.4) is 0 Å². The first kappa shape index (κ1) is 10.7. The Hall–Kier alpha value is -1.39. The van der Waals surface area contributed by atoms with Gasteiger partial charge in [0.2, 0.25) is 5.91 Å². The molecule has 2 N–H and O–H groups in total. The second-order valence-electron chi connectivity index (χ2n) is 4.63.